The van der Waals surface area contributed by atoms with Crippen molar-refractivity contribution in [1.82, 2.24) is 4.90 Å². The van der Waals surface area contributed by atoms with Crippen LogP contribution in [0.4, 0.5) is 0 Å². The number of carbonyl (C=O) groups is 5. The molecule has 0 saturated carbocycles. The van der Waals surface area contributed by atoms with Crippen molar-refractivity contribution in [2.45, 2.75) is 57.5 Å². The number of benzene rings is 1. The Morgan fingerprint density at radius 3 is 2.12 bits per heavy atom. The van der Waals surface area contributed by atoms with E-state index in [0.717, 1.165) is 38.1 Å². The number of hydrogen-bond acceptors (Lipinski definition) is 12. The first-order chi connectivity index (χ1) is 19.0. The molecule has 214 valence electrons. The molecule has 1 amide bonds. The van der Waals surface area contributed by atoms with Crippen LogP contribution in [0.3, 0.4) is 0 Å². The van der Waals surface area contributed by atoms with Gasteiger partial charge in [-0.2, -0.15) is 0 Å². The number of carbonyl (C=O) groups excluding carboxylic acids is 5. The summed E-state index contributed by atoms with van der Waals surface area (Å²) in [6.45, 7) is 8.07. The van der Waals surface area contributed by atoms with Crippen LogP contribution in [-0.4, -0.2) is 82.9 Å². The van der Waals surface area contributed by atoms with E-state index < -0.39 is 59.6 Å². The summed E-state index contributed by atoms with van der Waals surface area (Å²) in [7, 11) is 0. The minimum absolute atomic E-state index is 0.113. The second kappa shape index (κ2) is 13.9. The summed E-state index contributed by atoms with van der Waals surface area (Å²) in [5, 5.41) is 0.202. The second-order valence-electron chi connectivity index (χ2n) is 8.72. The Balaban J connectivity index is 2.03. The predicted octanol–water partition coefficient (Wildman–Crippen LogP) is 2.23. The average molecular weight is 575 g/mol. The number of esters is 4. The number of thioether (sulfide) groups is 1. The molecule has 0 spiro atoms. The van der Waals surface area contributed by atoms with E-state index in [-0.39, 0.29) is 24.0 Å². The summed E-state index contributed by atoms with van der Waals surface area (Å²) >= 11 is 0.929. The van der Waals surface area contributed by atoms with Crippen LogP contribution in [0.25, 0.3) is 6.08 Å². The quantitative estimate of drug-likeness (QED) is 0.185. The van der Waals surface area contributed by atoms with Crippen molar-refractivity contribution in [1.29, 1.82) is 0 Å². The molecule has 1 saturated heterocycles. The third-order valence-electron chi connectivity index (χ3n) is 5.50. The third-order valence-corrected chi connectivity index (χ3v) is 6.63. The van der Waals surface area contributed by atoms with E-state index in [1.54, 1.807) is 6.08 Å². The summed E-state index contributed by atoms with van der Waals surface area (Å²) in [6.07, 6.45) is -1.89. The molecular formula is C27H30N2O10S. The van der Waals surface area contributed by atoms with Crippen LogP contribution >= 0.6 is 11.8 Å². The first kappa shape index (κ1) is 30.6. The van der Waals surface area contributed by atoms with E-state index in [1.165, 1.54) is 17.9 Å². The highest BCUT2D eigenvalue weighted by Gasteiger charge is 2.53. The standard InChI is InChI=1S/C27H30N2O10S/c1-6-12-29-25(34)20(13-19-10-8-7-9-11-19)28-27(29)40-26-24(38-18(5)33)23(37-17(4)32)22(36-16(3)31)21(39-26)14-35-15(2)30/h6-11,13,21-24,26H,1,12,14H2,2-5H3/b20-13-/t21-,22-,23+,24-,26+/m1/s1. The van der Waals surface area contributed by atoms with Gasteiger partial charge < -0.3 is 23.7 Å². The van der Waals surface area contributed by atoms with Crippen molar-refractivity contribution < 1.29 is 47.7 Å². The molecule has 3 rings (SSSR count). The maximum atomic E-state index is 13.2. The number of ether oxygens (including phenoxy) is 5. The Morgan fingerprint density at radius 2 is 1.55 bits per heavy atom. The predicted molar refractivity (Wildman–Crippen MR) is 143 cm³/mol. The van der Waals surface area contributed by atoms with Gasteiger partial charge >= 0.3 is 23.9 Å². The number of hydrogen-bond donors (Lipinski definition) is 0. The fourth-order valence-corrected chi connectivity index (χ4v) is 5.19. The van der Waals surface area contributed by atoms with Crippen LogP contribution in [0.2, 0.25) is 0 Å². The van der Waals surface area contributed by atoms with E-state index in [9.17, 15) is 24.0 Å². The Morgan fingerprint density at radius 1 is 0.950 bits per heavy atom. The third kappa shape index (κ3) is 8.02. The van der Waals surface area contributed by atoms with Gasteiger partial charge in [-0.3, -0.25) is 28.9 Å². The molecule has 2 aliphatic heterocycles. The lowest BCUT2D eigenvalue weighted by Crippen LogP contribution is -2.61. The molecule has 1 aromatic rings. The Bertz CT molecular complexity index is 1210. The van der Waals surface area contributed by atoms with Gasteiger partial charge in [0.1, 0.15) is 18.4 Å². The molecule has 0 N–H and O–H groups in total. The maximum Gasteiger partial charge on any atom is 0.303 e. The minimum Gasteiger partial charge on any atom is -0.463 e. The molecule has 1 fully saturated rings. The molecular weight excluding hydrogens is 544 g/mol. The SMILES string of the molecule is C=CCN1C(=O)/C(=C/c2ccccc2)N=C1S[C@@H]1O[C@H](COC(C)=O)[C@@H](OC(C)=O)[C@H](OC(C)=O)[C@H]1OC(C)=O. The van der Waals surface area contributed by atoms with E-state index in [1.807, 2.05) is 30.3 Å². The van der Waals surface area contributed by atoms with E-state index in [2.05, 4.69) is 11.6 Å². The first-order valence-electron chi connectivity index (χ1n) is 12.3. The molecule has 0 aromatic heterocycles. The van der Waals surface area contributed by atoms with Crippen LogP contribution in [0, 0.1) is 0 Å². The number of nitrogens with zero attached hydrogens (tertiary/aromatic N) is 2. The van der Waals surface area contributed by atoms with E-state index in [4.69, 9.17) is 23.7 Å². The zero-order chi connectivity index (χ0) is 29.4. The second-order valence-corrected chi connectivity index (χ2v) is 9.79. The fraction of sp³-hybridized carbons (Fsp3) is 0.407. The van der Waals surface area contributed by atoms with Crippen molar-refractivity contribution in [2.24, 2.45) is 4.99 Å². The van der Waals surface area contributed by atoms with Crippen LogP contribution in [0.1, 0.15) is 33.3 Å². The summed E-state index contributed by atoms with van der Waals surface area (Å²) in [4.78, 5) is 66.7. The lowest BCUT2D eigenvalue weighted by molar-refractivity contribution is -0.237. The number of aliphatic imine (C=N–C) groups is 1. The van der Waals surface area contributed by atoms with Crippen LogP contribution in [0.5, 0.6) is 0 Å². The van der Waals surface area contributed by atoms with Gasteiger partial charge in [0, 0.05) is 34.2 Å². The summed E-state index contributed by atoms with van der Waals surface area (Å²) < 4.78 is 27.6. The number of amides is 1. The van der Waals surface area contributed by atoms with E-state index >= 15 is 0 Å². The van der Waals surface area contributed by atoms with Crippen molar-refractivity contribution >= 4 is 52.8 Å². The molecule has 40 heavy (non-hydrogen) atoms. The summed E-state index contributed by atoms with van der Waals surface area (Å²) in [6, 6.07) is 9.13. The summed E-state index contributed by atoms with van der Waals surface area (Å²) in [5.41, 5.74) is -0.219. The van der Waals surface area contributed by atoms with Crippen LogP contribution < -0.4 is 0 Å². The molecule has 2 heterocycles. The zero-order valence-corrected chi connectivity index (χ0v) is 23.3. The Kier molecular flexibility index (Phi) is 10.6. The lowest BCUT2D eigenvalue weighted by atomic mass is 9.99. The molecule has 0 unspecified atom stereocenters. The Hall–Kier alpha value is -3.97. The molecule has 0 bridgehead atoms. The normalized spacial score (nSPS) is 25.1. The van der Waals surface area contributed by atoms with Gasteiger partial charge in [-0.15, -0.1) is 6.58 Å². The highest BCUT2D eigenvalue weighted by atomic mass is 32.2. The highest BCUT2D eigenvalue weighted by Crippen LogP contribution is 2.37. The maximum absolute atomic E-state index is 13.2. The molecule has 2 aliphatic rings. The zero-order valence-electron chi connectivity index (χ0n) is 22.4. The summed E-state index contributed by atoms with van der Waals surface area (Å²) in [5.74, 6) is -3.22. The van der Waals surface area contributed by atoms with Gasteiger partial charge in [0.25, 0.3) is 5.91 Å². The van der Waals surface area contributed by atoms with Crippen molar-refractivity contribution in [2.75, 3.05) is 13.2 Å². The smallest absolute Gasteiger partial charge is 0.303 e. The van der Waals surface area contributed by atoms with Gasteiger partial charge in [-0.25, -0.2) is 4.99 Å². The molecule has 13 heteroatoms. The monoisotopic (exact) mass is 574 g/mol. The topological polar surface area (TPSA) is 147 Å². The van der Waals surface area contributed by atoms with Gasteiger partial charge in [0.2, 0.25) is 0 Å². The van der Waals surface area contributed by atoms with E-state index in [0.29, 0.717) is 0 Å². The van der Waals surface area contributed by atoms with Crippen LogP contribution in [0.15, 0.2) is 53.7 Å². The number of amidine groups is 1. The Labute approximate surface area is 235 Å². The van der Waals surface area contributed by atoms with Crippen LogP contribution in [-0.2, 0) is 47.7 Å². The minimum atomic E-state index is -1.33. The van der Waals surface area contributed by atoms with Gasteiger partial charge in [-0.05, 0) is 11.6 Å². The molecule has 5 atom stereocenters. The van der Waals surface area contributed by atoms with Crippen molar-refractivity contribution in [3.8, 4) is 0 Å². The van der Waals surface area contributed by atoms with Crippen molar-refractivity contribution in [3.05, 3.63) is 54.2 Å². The van der Waals surface area contributed by atoms with Gasteiger partial charge in [-0.1, -0.05) is 48.2 Å². The van der Waals surface area contributed by atoms with Gasteiger partial charge in [0.15, 0.2) is 28.9 Å². The largest absolute Gasteiger partial charge is 0.463 e. The first-order valence-corrected chi connectivity index (χ1v) is 13.1. The molecule has 12 nitrogen and oxygen atoms in total. The molecule has 0 aliphatic carbocycles. The fourth-order valence-electron chi connectivity index (χ4n) is 4.01. The molecule has 1 aromatic carbocycles. The lowest BCUT2D eigenvalue weighted by Gasteiger charge is -2.44. The molecule has 0 radical (unpaired) electrons. The average Bonchev–Trinajstić information content (AvgIpc) is 3.15. The number of rotatable bonds is 9. The highest BCUT2D eigenvalue weighted by molar-refractivity contribution is 8.14. The van der Waals surface area contributed by atoms with Gasteiger partial charge in [0.05, 0.1) is 0 Å². The van der Waals surface area contributed by atoms with Crippen molar-refractivity contribution in [3.63, 3.8) is 0 Å².